The van der Waals surface area contributed by atoms with Crippen molar-refractivity contribution in [2.75, 3.05) is 26.7 Å². The molecule has 138 valence electrons. The molecule has 0 aromatic rings. The molecule has 0 radical (unpaired) electrons. The fourth-order valence-corrected chi connectivity index (χ4v) is 5.15. The molecule has 1 amide bonds. The highest BCUT2D eigenvalue weighted by Crippen LogP contribution is 2.57. The Hall–Kier alpha value is -1.36. The standard InChI is InChI=1S/C18H28N4O3/c1-24-14-4-2-3-12(5-14)15-6-16(25-21-15)17(23)22-8-13-7-18(13,10-22)9-20-11-19/h12-16,20-21H,2-10H2,1H3. The molecule has 2 aliphatic carbocycles. The largest absolute Gasteiger partial charge is 0.381 e. The summed E-state index contributed by atoms with van der Waals surface area (Å²) in [5.41, 5.74) is 3.26. The first-order valence-electron chi connectivity index (χ1n) is 9.50. The van der Waals surface area contributed by atoms with E-state index in [9.17, 15) is 4.79 Å². The first kappa shape index (κ1) is 17.1. The van der Waals surface area contributed by atoms with Crippen molar-refractivity contribution in [1.82, 2.24) is 15.7 Å². The van der Waals surface area contributed by atoms with Crippen LogP contribution in [0.3, 0.4) is 0 Å². The molecule has 7 heteroatoms. The number of rotatable bonds is 5. The monoisotopic (exact) mass is 348 g/mol. The van der Waals surface area contributed by atoms with Crippen molar-refractivity contribution in [2.45, 2.75) is 56.8 Å². The van der Waals surface area contributed by atoms with Gasteiger partial charge < -0.3 is 15.0 Å². The first-order valence-corrected chi connectivity index (χ1v) is 9.50. The third kappa shape index (κ3) is 3.23. The molecule has 2 aliphatic heterocycles. The van der Waals surface area contributed by atoms with Crippen molar-refractivity contribution in [3.63, 3.8) is 0 Å². The van der Waals surface area contributed by atoms with Crippen molar-refractivity contribution < 1.29 is 14.4 Å². The number of amides is 1. The predicted octanol–water partition coefficient (Wildman–Crippen LogP) is 0.773. The fourth-order valence-electron chi connectivity index (χ4n) is 5.15. The molecule has 2 saturated heterocycles. The van der Waals surface area contributed by atoms with Crippen LogP contribution in [0.1, 0.15) is 38.5 Å². The zero-order chi connectivity index (χ0) is 17.4. The van der Waals surface area contributed by atoms with Crippen LogP contribution in [0.25, 0.3) is 0 Å². The second-order valence-corrected chi connectivity index (χ2v) is 8.30. The van der Waals surface area contributed by atoms with Gasteiger partial charge in [0.05, 0.1) is 6.10 Å². The minimum Gasteiger partial charge on any atom is -0.381 e. The molecule has 0 aromatic carbocycles. The fraction of sp³-hybridized carbons (Fsp3) is 0.889. The zero-order valence-electron chi connectivity index (χ0n) is 14.9. The van der Waals surface area contributed by atoms with E-state index in [2.05, 4.69) is 10.8 Å². The van der Waals surface area contributed by atoms with Gasteiger partial charge in [-0.25, -0.2) is 0 Å². The smallest absolute Gasteiger partial charge is 0.253 e. The van der Waals surface area contributed by atoms with Crippen LogP contribution in [0.2, 0.25) is 0 Å². The lowest BCUT2D eigenvalue weighted by Crippen LogP contribution is -2.40. The van der Waals surface area contributed by atoms with E-state index in [1.165, 1.54) is 12.8 Å². The topological polar surface area (TPSA) is 86.6 Å². The molecule has 2 N–H and O–H groups in total. The number of nitriles is 1. The number of carbonyl (C=O) groups is 1. The van der Waals surface area contributed by atoms with Crippen LogP contribution < -0.4 is 10.8 Å². The summed E-state index contributed by atoms with van der Waals surface area (Å²) in [6.07, 6.45) is 8.39. The van der Waals surface area contributed by atoms with E-state index in [0.717, 1.165) is 38.8 Å². The number of ether oxygens (including phenoxy) is 1. The molecule has 6 unspecified atom stereocenters. The van der Waals surface area contributed by atoms with Gasteiger partial charge in [0, 0.05) is 44.6 Å². The zero-order valence-corrected chi connectivity index (χ0v) is 14.9. The lowest BCUT2D eigenvalue weighted by Gasteiger charge is -2.31. The SMILES string of the molecule is COC1CCCC(C2CC(C(=O)N3CC4CC4(CNC#N)C3)ON2)C1. The number of nitrogens with one attached hydrogen (secondary N) is 2. The first-order chi connectivity index (χ1) is 12.1. The Labute approximate surface area is 149 Å². The number of fused-ring (bicyclic) bond motifs is 1. The third-order valence-corrected chi connectivity index (χ3v) is 6.81. The number of likely N-dealkylation sites (tertiary alicyclic amines) is 1. The highest BCUT2D eigenvalue weighted by atomic mass is 16.7. The third-order valence-electron chi connectivity index (χ3n) is 6.81. The Kier molecular flexibility index (Phi) is 4.61. The van der Waals surface area contributed by atoms with Crippen LogP contribution in [0.15, 0.2) is 0 Å². The summed E-state index contributed by atoms with van der Waals surface area (Å²) >= 11 is 0. The van der Waals surface area contributed by atoms with Gasteiger partial charge in [0.1, 0.15) is 0 Å². The molecular weight excluding hydrogens is 320 g/mol. The van der Waals surface area contributed by atoms with Crippen molar-refractivity contribution in [2.24, 2.45) is 17.3 Å². The molecule has 6 atom stereocenters. The maximum absolute atomic E-state index is 12.8. The van der Waals surface area contributed by atoms with Crippen LogP contribution in [-0.4, -0.2) is 55.8 Å². The van der Waals surface area contributed by atoms with Gasteiger partial charge in [-0.1, -0.05) is 6.42 Å². The number of nitrogens with zero attached hydrogens (tertiary/aromatic N) is 2. The van der Waals surface area contributed by atoms with Crippen LogP contribution in [0.4, 0.5) is 0 Å². The van der Waals surface area contributed by atoms with Crippen LogP contribution >= 0.6 is 0 Å². The molecule has 4 aliphatic rings. The van der Waals surface area contributed by atoms with Crippen molar-refractivity contribution >= 4 is 5.91 Å². The van der Waals surface area contributed by atoms with Crippen molar-refractivity contribution in [3.8, 4) is 6.19 Å². The lowest BCUT2D eigenvalue weighted by molar-refractivity contribution is -0.143. The van der Waals surface area contributed by atoms with E-state index in [-0.39, 0.29) is 23.5 Å². The predicted molar refractivity (Wildman–Crippen MR) is 89.9 cm³/mol. The Morgan fingerprint density at radius 2 is 2.36 bits per heavy atom. The molecular formula is C18H28N4O3. The summed E-state index contributed by atoms with van der Waals surface area (Å²) in [6.45, 7) is 2.25. The molecule has 2 saturated carbocycles. The van der Waals surface area contributed by atoms with Crippen LogP contribution in [-0.2, 0) is 14.4 Å². The summed E-state index contributed by atoms with van der Waals surface area (Å²) in [4.78, 5) is 20.5. The molecule has 4 fully saturated rings. The van der Waals surface area contributed by atoms with E-state index in [1.54, 1.807) is 7.11 Å². The lowest BCUT2D eigenvalue weighted by atomic mass is 9.81. The van der Waals surface area contributed by atoms with Gasteiger partial charge in [-0.15, -0.1) is 0 Å². The van der Waals surface area contributed by atoms with E-state index >= 15 is 0 Å². The van der Waals surface area contributed by atoms with Crippen LogP contribution in [0.5, 0.6) is 0 Å². The number of carbonyl (C=O) groups excluding carboxylic acids is 1. The van der Waals surface area contributed by atoms with Gasteiger partial charge in [0.15, 0.2) is 12.3 Å². The summed E-state index contributed by atoms with van der Waals surface area (Å²) in [6, 6.07) is 0.248. The average molecular weight is 348 g/mol. The molecule has 0 spiro atoms. The molecule has 25 heavy (non-hydrogen) atoms. The highest BCUT2D eigenvalue weighted by molar-refractivity contribution is 5.82. The Bertz CT molecular complexity index is 565. The number of hydroxylamine groups is 1. The number of piperidine rings is 1. The second-order valence-electron chi connectivity index (χ2n) is 8.30. The van der Waals surface area contributed by atoms with Gasteiger partial charge in [-0.3, -0.25) is 9.63 Å². The quantitative estimate of drug-likeness (QED) is 0.564. The van der Waals surface area contributed by atoms with Gasteiger partial charge >= 0.3 is 0 Å². The van der Waals surface area contributed by atoms with E-state index in [1.807, 2.05) is 11.1 Å². The number of hydrogen-bond donors (Lipinski definition) is 2. The van der Waals surface area contributed by atoms with Gasteiger partial charge in [0.25, 0.3) is 5.91 Å². The normalized spacial score (nSPS) is 42.7. The van der Waals surface area contributed by atoms with Crippen LogP contribution in [0, 0.1) is 28.7 Å². The molecule has 0 aromatic heterocycles. The van der Waals surface area contributed by atoms with Crippen molar-refractivity contribution in [3.05, 3.63) is 0 Å². The maximum atomic E-state index is 12.8. The van der Waals surface area contributed by atoms with Crippen molar-refractivity contribution in [1.29, 1.82) is 5.26 Å². The summed E-state index contributed by atoms with van der Waals surface area (Å²) < 4.78 is 5.52. The number of methoxy groups -OCH3 is 1. The average Bonchev–Trinajstić information content (AvgIpc) is 3.02. The second kappa shape index (κ2) is 6.75. The Morgan fingerprint density at radius 1 is 1.48 bits per heavy atom. The van der Waals surface area contributed by atoms with E-state index in [0.29, 0.717) is 24.5 Å². The summed E-state index contributed by atoms with van der Waals surface area (Å²) in [5.74, 6) is 1.18. The minimum atomic E-state index is -0.369. The summed E-state index contributed by atoms with van der Waals surface area (Å²) in [7, 11) is 1.79. The molecule has 7 nitrogen and oxygen atoms in total. The van der Waals surface area contributed by atoms with E-state index in [4.69, 9.17) is 14.8 Å². The van der Waals surface area contributed by atoms with Gasteiger partial charge in [0.2, 0.25) is 0 Å². The molecule has 4 rings (SSSR count). The van der Waals surface area contributed by atoms with Gasteiger partial charge in [-0.05, 0) is 37.5 Å². The highest BCUT2D eigenvalue weighted by Gasteiger charge is 2.61. The summed E-state index contributed by atoms with van der Waals surface area (Å²) in [5, 5.41) is 11.5. The number of hydrogen-bond acceptors (Lipinski definition) is 6. The maximum Gasteiger partial charge on any atom is 0.253 e. The Balaban J connectivity index is 1.29. The van der Waals surface area contributed by atoms with Gasteiger partial charge in [-0.2, -0.15) is 10.7 Å². The molecule has 0 bridgehead atoms. The Morgan fingerprint density at radius 3 is 3.16 bits per heavy atom. The molecule has 2 heterocycles. The van der Waals surface area contributed by atoms with E-state index < -0.39 is 0 Å². The minimum absolute atomic E-state index is 0.109.